The Labute approximate surface area is 146 Å². The maximum atomic E-state index is 5.76. The molecule has 3 aromatic rings. The van der Waals surface area contributed by atoms with Crippen LogP contribution in [0.25, 0.3) is 22.3 Å². The maximum Gasteiger partial charge on any atom is 0.130 e. The SMILES string of the molecule is S=C(c1nc2ccccc2nc1-c1ccccc1)N1CCOCC1. The molecule has 0 amide bonds. The van der Waals surface area contributed by atoms with Gasteiger partial charge in [0.25, 0.3) is 0 Å². The van der Waals surface area contributed by atoms with E-state index in [1.807, 2.05) is 54.6 Å². The fraction of sp³-hybridized carbons (Fsp3) is 0.211. The van der Waals surface area contributed by atoms with Crippen molar-refractivity contribution >= 4 is 28.2 Å². The highest BCUT2D eigenvalue weighted by molar-refractivity contribution is 7.80. The second-order valence-corrected chi connectivity index (χ2v) is 6.07. The van der Waals surface area contributed by atoms with Crippen molar-refractivity contribution in [2.24, 2.45) is 0 Å². The summed E-state index contributed by atoms with van der Waals surface area (Å²) in [7, 11) is 0. The van der Waals surface area contributed by atoms with E-state index in [4.69, 9.17) is 26.9 Å². The van der Waals surface area contributed by atoms with Crippen LogP contribution < -0.4 is 0 Å². The Balaban J connectivity index is 1.86. The molecule has 0 spiro atoms. The van der Waals surface area contributed by atoms with E-state index < -0.39 is 0 Å². The first-order valence-electron chi connectivity index (χ1n) is 8.02. The Hall–Kier alpha value is -2.37. The molecule has 0 bridgehead atoms. The molecule has 1 aliphatic rings. The van der Waals surface area contributed by atoms with Crippen LogP contribution in [0.4, 0.5) is 0 Å². The molecule has 0 unspecified atom stereocenters. The second-order valence-electron chi connectivity index (χ2n) is 5.68. The third kappa shape index (κ3) is 2.88. The van der Waals surface area contributed by atoms with Crippen LogP contribution in [0.2, 0.25) is 0 Å². The monoisotopic (exact) mass is 335 g/mol. The van der Waals surface area contributed by atoms with Crippen LogP contribution in [0.1, 0.15) is 5.69 Å². The molecule has 2 aromatic carbocycles. The van der Waals surface area contributed by atoms with Crippen LogP contribution in [0.3, 0.4) is 0 Å². The number of morpholine rings is 1. The van der Waals surface area contributed by atoms with Gasteiger partial charge in [-0.2, -0.15) is 0 Å². The van der Waals surface area contributed by atoms with Gasteiger partial charge in [-0.25, -0.2) is 9.97 Å². The molecule has 1 saturated heterocycles. The van der Waals surface area contributed by atoms with E-state index in [1.54, 1.807) is 0 Å². The number of hydrogen-bond donors (Lipinski definition) is 0. The van der Waals surface area contributed by atoms with Gasteiger partial charge in [0.05, 0.1) is 29.9 Å². The molecule has 5 heteroatoms. The minimum atomic E-state index is 0.696. The van der Waals surface area contributed by atoms with Gasteiger partial charge in [0.2, 0.25) is 0 Å². The molecule has 24 heavy (non-hydrogen) atoms. The summed E-state index contributed by atoms with van der Waals surface area (Å²) in [5, 5.41) is 0. The molecule has 1 aliphatic heterocycles. The minimum absolute atomic E-state index is 0.696. The topological polar surface area (TPSA) is 38.2 Å². The lowest BCUT2D eigenvalue weighted by atomic mass is 10.1. The Kier molecular flexibility index (Phi) is 4.19. The molecule has 120 valence electrons. The van der Waals surface area contributed by atoms with Gasteiger partial charge >= 0.3 is 0 Å². The Morgan fingerprint density at radius 1 is 0.875 bits per heavy atom. The number of nitrogens with zero attached hydrogens (tertiary/aromatic N) is 3. The summed E-state index contributed by atoms with van der Waals surface area (Å²) in [6.45, 7) is 2.98. The van der Waals surface area contributed by atoms with E-state index in [-0.39, 0.29) is 0 Å². The molecule has 4 rings (SSSR count). The lowest BCUT2D eigenvalue weighted by Gasteiger charge is -2.29. The first-order valence-corrected chi connectivity index (χ1v) is 8.43. The van der Waals surface area contributed by atoms with Crippen molar-refractivity contribution in [2.75, 3.05) is 26.3 Å². The number of ether oxygens (including phenoxy) is 1. The molecular weight excluding hydrogens is 318 g/mol. The third-order valence-electron chi connectivity index (χ3n) is 4.12. The summed E-state index contributed by atoms with van der Waals surface area (Å²) in [5.41, 5.74) is 4.39. The molecule has 0 N–H and O–H groups in total. The van der Waals surface area contributed by atoms with Crippen molar-refractivity contribution < 1.29 is 4.74 Å². The lowest BCUT2D eigenvalue weighted by molar-refractivity contribution is 0.0692. The van der Waals surface area contributed by atoms with E-state index in [0.29, 0.717) is 13.2 Å². The summed E-state index contributed by atoms with van der Waals surface area (Å²) in [6, 6.07) is 18.0. The number of para-hydroxylation sites is 2. The van der Waals surface area contributed by atoms with Crippen LogP contribution in [0.5, 0.6) is 0 Å². The van der Waals surface area contributed by atoms with Crippen LogP contribution in [-0.2, 0) is 4.74 Å². The van der Waals surface area contributed by atoms with Gasteiger partial charge in [-0.15, -0.1) is 0 Å². The predicted octanol–water partition coefficient (Wildman–Crippen LogP) is 3.30. The van der Waals surface area contributed by atoms with Gasteiger partial charge in [-0.1, -0.05) is 54.7 Å². The average molecular weight is 335 g/mol. The van der Waals surface area contributed by atoms with E-state index >= 15 is 0 Å². The predicted molar refractivity (Wildman–Crippen MR) is 99.1 cm³/mol. The molecule has 1 fully saturated rings. The number of hydrogen-bond acceptors (Lipinski definition) is 4. The zero-order chi connectivity index (χ0) is 16.4. The summed E-state index contributed by atoms with van der Waals surface area (Å²) in [5.74, 6) is 0. The summed E-state index contributed by atoms with van der Waals surface area (Å²) in [4.78, 5) is 12.6. The standard InChI is InChI=1S/C19H17N3OS/c24-19(22-10-12-23-13-11-22)18-17(14-6-2-1-3-7-14)20-15-8-4-5-9-16(15)21-18/h1-9H,10-13H2. The normalized spacial score (nSPS) is 14.8. The van der Waals surface area contributed by atoms with Crippen molar-refractivity contribution in [3.63, 3.8) is 0 Å². The van der Waals surface area contributed by atoms with Gasteiger partial charge in [0, 0.05) is 18.7 Å². The Morgan fingerprint density at radius 3 is 2.21 bits per heavy atom. The number of benzene rings is 2. The van der Waals surface area contributed by atoms with E-state index in [9.17, 15) is 0 Å². The third-order valence-corrected chi connectivity index (χ3v) is 4.57. The van der Waals surface area contributed by atoms with E-state index in [1.165, 1.54) is 0 Å². The van der Waals surface area contributed by atoms with Crippen LogP contribution in [0.15, 0.2) is 54.6 Å². The van der Waals surface area contributed by atoms with Crippen molar-refractivity contribution in [3.05, 3.63) is 60.3 Å². The van der Waals surface area contributed by atoms with Crippen molar-refractivity contribution in [2.45, 2.75) is 0 Å². The molecule has 0 radical (unpaired) electrons. The first-order chi connectivity index (χ1) is 11.8. The lowest BCUT2D eigenvalue weighted by Crippen LogP contribution is -2.40. The number of fused-ring (bicyclic) bond motifs is 1. The van der Waals surface area contributed by atoms with Crippen LogP contribution in [0, 0.1) is 0 Å². The summed E-state index contributed by atoms with van der Waals surface area (Å²) >= 11 is 5.76. The maximum absolute atomic E-state index is 5.76. The first kappa shape index (κ1) is 15.2. The van der Waals surface area contributed by atoms with E-state index in [0.717, 1.165) is 46.1 Å². The quantitative estimate of drug-likeness (QED) is 0.672. The molecular formula is C19H17N3OS. The van der Waals surface area contributed by atoms with Crippen molar-refractivity contribution in [1.29, 1.82) is 0 Å². The number of thiocarbonyl (C=S) groups is 1. The molecule has 0 atom stereocenters. The molecule has 0 saturated carbocycles. The zero-order valence-corrected chi connectivity index (χ0v) is 14.0. The molecule has 4 nitrogen and oxygen atoms in total. The fourth-order valence-corrected chi connectivity index (χ4v) is 3.19. The fourth-order valence-electron chi connectivity index (χ4n) is 2.86. The summed E-state index contributed by atoms with van der Waals surface area (Å²) in [6.07, 6.45) is 0. The zero-order valence-electron chi connectivity index (χ0n) is 13.2. The van der Waals surface area contributed by atoms with Gasteiger partial charge in [-0.3, -0.25) is 0 Å². The molecule has 1 aromatic heterocycles. The molecule has 2 heterocycles. The minimum Gasteiger partial charge on any atom is -0.378 e. The number of rotatable bonds is 2. The van der Waals surface area contributed by atoms with Crippen LogP contribution in [-0.4, -0.2) is 46.2 Å². The average Bonchev–Trinajstić information content (AvgIpc) is 2.68. The Morgan fingerprint density at radius 2 is 1.50 bits per heavy atom. The summed E-state index contributed by atoms with van der Waals surface area (Å²) < 4.78 is 5.43. The Bertz CT molecular complexity index is 876. The van der Waals surface area contributed by atoms with Crippen molar-refractivity contribution in [3.8, 4) is 11.3 Å². The smallest absolute Gasteiger partial charge is 0.130 e. The number of aromatic nitrogens is 2. The molecule has 0 aliphatic carbocycles. The highest BCUT2D eigenvalue weighted by atomic mass is 32.1. The van der Waals surface area contributed by atoms with Crippen molar-refractivity contribution in [1.82, 2.24) is 14.9 Å². The second kappa shape index (κ2) is 6.63. The van der Waals surface area contributed by atoms with Gasteiger partial charge in [0.1, 0.15) is 10.7 Å². The highest BCUT2D eigenvalue weighted by Gasteiger charge is 2.21. The van der Waals surface area contributed by atoms with Crippen LogP contribution >= 0.6 is 12.2 Å². The van der Waals surface area contributed by atoms with E-state index in [2.05, 4.69) is 4.90 Å². The van der Waals surface area contributed by atoms with Gasteiger partial charge in [0.15, 0.2) is 0 Å². The largest absolute Gasteiger partial charge is 0.378 e. The van der Waals surface area contributed by atoms with Gasteiger partial charge < -0.3 is 9.64 Å². The highest BCUT2D eigenvalue weighted by Crippen LogP contribution is 2.25. The van der Waals surface area contributed by atoms with Gasteiger partial charge in [-0.05, 0) is 12.1 Å².